The highest BCUT2D eigenvalue weighted by Crippen LogP contribution is 2.40. The molecule has 0 aromatic carbocycles. The number of amides is 1. The number of carbonyl (C=O) groups is 1. The van der Waals surface area contributed by atoms with Crippen molar-refractivity contribution in [3.63, 3.8) is 0 Å². The van der Waals surface area contributed by atoms with Gasteiger partial charge >= 0.3 is 0 Å². The van der Waals surface area contributed by atoms with Gasteiger partial charge in [-0.25, -0.2) is 4.98 Å². The summed E-state index contributed by atoms with van der Waals surface area (Å²) in [4.78, 5) is 16.5. The summed E-state index contributed by atoms with van der Waals surface area (Å²) in [7, 11) is 0. The molecule has 116 valence electrons. The molecule has 21 heavy (non-hydrogen) atoms. The summed E-state index contributed by atoms with van der Waals surface area (Å²) in [5, 5.41) is 4.82. The molecule has 0 bridgehead atoms. The Balaban J connectivity index is 2.08. The van der Waals surface area contributed by atoms with Gasteiger partial charge in [0.15, 0.2) is 0 Å². The minimum atomic E-state index is -0.551. The minimum absolute atomic E-state index is 0.229. The van der Waals surface area contributed by atoms with Crippen LogP contribution in [0.15, 0.2) is 17.2 Å². The fraction of sp³-hybridized carbons (Fsp3) is 0.625. The van der Waals surface area contributed by atoms with Crippen molar-refractivity contribution in [2.75, 3.05) is 0 Å². The lowest BCUT2D eigenvalue weighted by Gasteiger charge is -2.29. The van der Waals surface area contributed by atoms with Gasteiger partial charge in [-0.2, -0.15) is 0 Å². The van der Waals surface area contributed by atoms with Gasteiger partial charge in [0, 0.05) is 17.0 Å². The van der Waals surface area contributed by atoms with Crippen molar-refractivity contribution in [2.24, 2.45) is 5.73 Å². The lowest BCUT2D eigenvalue weighted by molar-refractivity contribution is -0.124. The molecule has 0 radical (unpaired) electrons. The molecule has 0 saturated heterocycles. The van der Waals surface area contributed by atoms with Gasteiger partial charge in [-0.3, -0.25) is 4.79 Å². The summed E-state index contributed by atoms with van der Waals surface area (Å²) in [6, 6.07) is 4.44. The van der Waals surface area contributed by atoms with E-state index in [0.717, 1.165) is 30.0 Å². The topological polar surface area (TPSA) is 68.0 Å². The molecule has 0 spiro atoms. The van der Waals surface area contributed by atoms with E-state index in [-0.39, 0.29) is 11.9 Å². The minimum Gasteiger partial charge on any atom is -0.368 e. The van der Waals surface area contributed by atoms with Gasteiger partial charge in [0.1, 0.15) is 0 Å². The molecule has 1 amide bonds. The van der Waals surface area contributed by atoms with Gasteiger partial charge in [-0.05, 0) is 64.7 Å². The van der Waals surface area contributed by atoms with Crippen LogP contribution in [0.1, 0.15) is 44.4 Å². The van der Waals surface area contributed by atoms with Crippen LogP contribution in [0, 0.1) is 13.8 Å². The third-order valence-electron chi connectivity index (χ3n) is 3.87. The standard InChI is InChI=1S/C16H25N3OS/c1-10(2)19-16(15(17)20)6-5-13(9-16)21-14-8-11(3)7-12(4)18-14/h7-8,10,13,19H,5-6,9H2,1-4H3,(H2,17,20). The van der Waals surface area contributed by atoms with Crippen LogP contribution in [-0.4, -0.2) is 27.7 Å². The fourth-order valence-corrected chi connectivity index (χ4v) is 4.51. The van der Waals surface area contributed by atoms with Crippen molar-refractivity contribution in [2.45, 2.75) is 68.8 Å². The van der Waals surface area contributed by atoms with Gasteiger partial charge < -0.3 is 11.1 Å². The molecular formula is C16H25N3OS. The summed E-state index contributed by atoms with van der Waals surface area (Å²) < 4.78 is 0. The molecule has 1 aromatic heterocycles. The molecule has 3 N–H and O–H groups in total. The van der Waals surface area contributed by atoms with Crippen LogP contribution in [0.25, 0.3) is 0 Å². The first kappa shape index (κ1) is 16.3. The Kier molecular flexibility index (Phi) is 4.94. The van der Waals surface area contributed by atoms with Crippen molar-refractivity contribution < 1.29 is 4.79 Å². The van der Waals surface area contributed by atoms with Gasteiger partial charge in [-0.1, -0.05) is 0 Å². The first-order valence-electron chi connectivity index (χ1n) is 7.50. The number of thioether (sulfide) groups is 1. The van der Waals surface area contributed by atoms with Crippen molar-refractivity contribution in [3.05, 3.63) is 23.4 Å². The van der Waals surface area contributed by atoms with Crippen molar-refractivity contribution in [1.29, 1.82) is 0 Å². The molecule has 1 aliphatic carbocycles. The molecule has 5 heteroatoms. The van der Waals surface area contributed by atoms with E-state index in [1.807, 2.05) is 6.92 Å². The maximum absolute atomic E-state index is 11.9. The van der Waals surface area contributed by atoms with Crippen molar-refractivity contribution >= 4 is 17.7 Å². The Morgan fingerprint density at radius 2 is 2.19 bits per heavy atom. The number of nitrogens with zero attached hydrogens (tertiary/aromatic N) is 1. The monoisotopic (exact) mass is 307 g/mol. The van der Waals surface area contributed by atoms with Crippen LogP contribution in [0.3, 0.4) is 0 Å². The number of pyridine rings is 1. The molecule has 2 rings (SSSR count). The van der Waals surface area contributed by atoms with Crippen LogP contribution in [0.2, 0.25) is 0 Å². The number of carbonyl (C=O) groups excluding carboxylic acids is 1. The Morgan fingerprint density at radius 3 is 2.76 bits per heavy atom. The average molecular weight is 307 g/mol. The summed E-state index contributed by atoms with van der Waals surface area (Å²) >= 11 is 1.77. The number of aryl methyl sites for hydroxylation is 2. The Morgan fingerprint density at radius 1 is 1.48 bits per heavy atom. The first-order valence-corrected chi connectivity index (χ1v) is 8.38. The lowest BCUT2D eigenvalue weighted by atomic mass is 9.96. The Hall–Kier alpha value is -1.07. The zero-order valence-electron chi connectivity index (χ0n) is 13.3. The number of nitrogens with two attached hydrogens (primary N) is 1. The molecule has 1 aromatic rings. The highest BCUT2D eigenvalue weighted by Gasteiger charge is 2.44. The van der Waals surface area contributed by atoms with Gasteiger partial charge in [-0.15, -0.1) is 11.8 Å². The van der Waals surface area contributed by atoms with Crippen LogP contribution in [-0.2, 0) is 4.79 Å². The van der Waals surface area contributed by atoms with Crippen LogP contribution in [0.4, 0.5) is 0 Å². The highest BCUT2D eigenvalue weighted by molar-refractivity contribution is 7.99. The molecule has 1 fully saturated rings. The maximum atomic E-state index is 11.9. The zero-order valence-corrected chi connectivity index (χ0v) is 14.1. The number of primary amides is 1. The van der Waals surface area contributed by atoms with Gasteiger partial charge in [0.05, 0.1) is 10.6 Å². The largest absolute Gasteiger partial charge is 0.368 e. The third-order valence-corrected chi connectivity index (χ3v) is 5.05. The molecule has 1 saturated carbocycles. The van der Waals surface area contributed by atoms with E-state index >= 15 is 0 Å². The van der Waals surface area contributed by atoms with E-state index in [0.29, 0.717) is 5.25 Å². The molecule has 1 aliphatic rings. The predicted octanol–water partition coefficient (Wildman–Crippen LogP) is 2.57. The zero-order chi connectivity index (χ0) is 15.6. The second kappa shape index (κ2) is 6.36. The fourth-order valence-electron chi connectivity index (χ4n) is 3.11. The maximum Gasteiger partial charge on any atom is 0.237 e. The van der Waals surface area contributed by atoms with Crippen LogP contribution < -0.4 is 11.1 Å². The van der Waals surface area contributed by atoms with E-state index in [1.54, 1.807) is 11.8 Å². The first-order chi connectivity index (χ1) is 9.80. The molecule has 0 aliphatic heterocycles. The number of hydrogen-bond donors (Lipinski definition) is 2. The van der Waals surface area contributed by atoms with E-state index in [9.17, 15) is 4.79 Å². The van der Waals surface area contributed by atoms with Crippen molar-refractivity contribution in [3.8, 4) is 0 Å². The molecule has 2 atom stereocenters. The van der Waals surface area contributed by atoms with Gasteiger partial charge in [0.25, 0.3) is 0 Å². The Bertz CT molecular complexity index is 512. The van der Waals surface area contributed by atoms with E-state index < -0.39 is 5.54 Å². The highest BCUT2D eigenvalue weighted by atomic mass is 32.2. The lowest BCUT2D eigenvalue weighted by Crippen LogP contribution is -2.56. The Labute approximate surface area is 131 Å². The second-order valence-corrected chi connectivity index (χ2v) is 7.67. The third kappa shape index (κ3) is 3.98. The SMILES string of the molecule is Cc1cc(C)nc(SC2CCC(NC(C)C)(C(N)=O)C2)c1. The van der Waals surface area contributed by atoms with E-state index in [1.165, 1.54) is 5.56 Å². The number of nitrogens with one attached hydrogen (secondary N) is 1. The molecular weight excluding hydrogens is 282 g/mol. The number of aromatic nitrogens is 1. The summed E-state index contributed by atoms with van der Waals surface area (Å²) in [5.41, 5.74) is 7.37. The van der Waals surface area contributed by atoms with E-state index in [2.05, 4.69) is 43.2 Å². The van der Waals surface area contributed by atoms with Gasteiger partial charge in [0.2, 0.25) is 5.91 Å². The quantitative estimate of drug-likeness (QED) is 0.877. The number of rotatable bonds is 5. The predicted molar refractivity (Wildman–Crippen MR) is 87.4 cm³/mol. The van der Waals surface area contributed by atoms with Crippen LogP contribution >= 0.6 is 11.8 Å². The summed E-state index contributed by atoms with van der Waals surface area (Å²) in [5.74, 6) is -0.229. The molecule has 1 heterocycles. The average Bonchev–Trinajstić information content (AvgIpc) is 2.71. The molecule has 2 unspecified atom stereocenters. The number of hydrogen-bond acceptors (Lipinski definition) is 4. The normalized spacial score (nSPS) is 25.5. The van der Waals surface area contributed by atoms with Crippen molar-refractivity contribution in [1.82, 2.24) is 10.3 Å². The van der Waals surface area contributed by atoms with Crippen LogP contribution in [0.5, 0.6) is 0 Å². The smallest absolute Gasteiger partial charge is 0.237 e. The van der Waals surface area contributed by atoms with E-state index in [4.69, 9.17) is 5.73 Å². The molecule has 4 nitrogen and oxygen atoms in total. The summed E-state index contributed by atoms with van der Waals surface area (Å²) in [6.07, 6.45) is 2.57. The summed E-state index contributed by atoms with van der Waals surface area (Å²) in [6.45, 7) is 8.20. The second-order valence-electron chi connectivity index (χ2n) is 6.35.